The largest absolute Gasteiger partial charge is 0.346 e. The molecular formula is C14H15F2N3O2. The predicted octanol–water partition coefficient (Wildman–Crippen LogP) is 2.72. The molecule has 21 heavy (non-hydrogen) atoms. The van der Waals surface area contributed by atoms with Crippen molar-refractivity contribution < 1.29 is 18.1 Å². The van der Waals surface area contributed by atoms with Crippen molar-refractivity contribution in [2.75, 3.05) is 0 Å². The van der Waals surface area contributed by atoms with Gasteiger partial charge in [0.1, 0.15) is 11.6 Å². The number of aromatic nitrogens is 2. The number of carbonyl (C=O) groups is 1. The van der Waals surface area contributed by atoms with Crippen molar-refractivity contribution in [2.24, 2.45) is 0 Å². The van der Waals surface area contributed by atoms with Crippen molar-refractivity contribution in [3.63, 3.8) is 0 Å². The Morgan fingerprint density at radius 3 is 2.76 bits per heavy atom. The van der Waals surface area contributed by atoms with Gasteiger partial charge < -0.3 is 9.84 Å². The van der Waals surface area contributed by atoms with Gasteiger partial charge in [-0.15, -0.1) is 0 Å². The zero-order valence-corrected chi connectivity index (χ0v) is 11.6. The van der Waals surface area contributed by atoms with Gasteiger partial charge in [0, 0.05) is 12.5 Å². The number of hydrogen-bond donors (Lipinski definition) is 1. The van der Waals surface area contributed by atoms with Crippen LogP contribution in [0.2, 0.25) is 0 Å². The summed E-state index contributed by atoms with van der Waals surface area (Å²) in [6.07, 6.45) is 1.25. The third-order valence-electron chi connectivity index (χ3n) is 3.13. The predicted molar refractivity (Wildman–Crippen MR) is 70.2 cm³/mol. The SMILES string of the molecule is CC(CC(=O)NC(C)c1ncon1)c1ccc(F)cc1F. The van der Waals surface area contributed by atoms with Crippen molar-refractivity contribution in [2.45, 2.75) is 32.2 Å². The second-order valence-corrected chi connectivity index (χ2v) is 4.85. The summed E-state index contributed by atoms with van der Waals surface area (Å²) in [7, 11) is 0. The van der Waals surface area contributed by atoms with E-state index in [4.69, 9.17) is 0 Å². The summed E-state index contributed by atoms with van der Waals surface area (Å²) < 4.78 is 31.1. The summed E-state index contributed by atoms with van der Waals surface area (Å²) in [6.45, 7) is 3.42. The monoisotopic (exact) mass is 295 g/mol. The number of benzene rings is 1. The van der Waals surface area contributed by atoms with Crippen LogP contribution in [-0.4, -0.2) is 16.0 Å². The number of nitrogens with one attached hydrogen (secondary N) is 1. The molecule has 0 fully saturated rings. The molecule has 1 aromatic carbocycles. The first-order valence-electron chi connectivity index (χ1n) is 6.48. The molecule has 0 radical (unpaired) electrons. The van der Waals surface area contributed by atoms with E-state index in [0.29, 0.717) is 11.4 Å². The number of rotatable bonds is 5. The molecule has 7 heteroatoms. The smallest absolute Gasteiger partial charge is 0.221 e. The molecule has 1 aromatic heterocycles. The number of carbonyl (C=O) groups excluding carboxylic acids is 1. The molecular weight excluding hydrogens is 280 g/mol. The number of amides is 1. The third-order valence-corrected chi connectivity index (χ3v) is 3.13. The molecule has 0 aliphatic heterocycles. The lowest BCUT2D eigenvalue weighted by molar-refractivity contribution is -0.122. The van der Waals surface area contributed by atoms with Gasteiger partial charge in [0.2, 0.25) is 12.3 Å². The second-order valence-electron chi connectivity index (χ2n) is 4.85. The Bertz CT molecular complexity index is 617. The Balaban J connectivity index is 1.96. The summed E-state index contributed by atoms with van der Waals surface area (Å²) in [5.74, 6) is -1.57. The first-order valence-corrected chi connectivity index (χ1v) is 6.48. The molecule has 2 atom stereocenters. The molecule has 0 aliphatic rings. The van der Waals surface area contributed by atoms with E-state index in [1.165, 1.54) is 18.5 Å². The molecule has 1 amide bonds. The van der Waals surface area contributed by atoms with E-state index in [1.54, 1.807) is 13.8 Å². The zero-order valence-electron chi connectivity index (χ0n) is 11.6. The molecule has 112 valence electrons. The summed E-state index contributed by atoms with van der Waals surface area (Å²) >= 11 is 0. The molecule has 0 spiro atoms. The van der Waals surface area contributed by atoms with Crippen molar-refractivity contribution in [1.29, 1.82) is 0 Å². The van der Waals surface area contributed by atoms with E-state index in [9.17, 15) is 13.6 Å². The highest BCUT2D eigenvalue weighted by molar-refractivity contribution is 5.77. The maximum absolute atomic E-state index is 13.6. The zero-order chi connectivity index (χ0) is 15.4. The minimum atomic E-state index is -0.651. The summed E-state index contributed by atoms with van der Waals surface area (Å²) in [4.78, 5) is 15.8. The first-order chi connectivity index (χ1) is 9.97. The summed E-state index contributed by atoms with van der Waals surface area (Å²) in [5, 5.41) is 6.32. The highest BCUT2D eigenvalue weighted by Crippen LogP contribution is 2.23. The molecule has 5 nitrogen and oxygen atoms in total. The molecule has 1 N–H and O–H groups in total. The van der Waals surface area contributed by atoms with Crippen LogP contribution in [0.25, 0.3) is 0 Å². The fraction of sp³-hybridized carbons (Fsp3) is 0.357. The Morgan fingerprint density at radius 1 is 1.38 bits per heavy atom. The van der Waals surface area contributed by atoms with Gasteiger partial charge in [0.05, 0.1) is 6.04 Å². The molecule has 2 aromatic rings. The van der Waals surface area contributed by atoms with E-state index in [1.807, 2.05) is 0 Å². The van der Waals surface area contributed by atoms with Crippen molar-refractivity contribution in [1.82, 2.24) is 15.5 Å². The lowest BCUT2D eigenvalue weighted by atomic mass is 9.96. The second kappa shape index (κ2) is 6.43. The van der Waals surface area contributed by atoms with Crippen LogP contribution in [0.4, 0.5) is 8.78 Å². The van der Waals surface area contributed by atoms with Crippen LogP contribution < -0.4 is 5.32 Å². The van der Waals surface area contributed by atoms with E-state index < -0.39 is 17.7 Å². The normalized spacial score (nSPS) is 13.7. The summed E-state index contributed by atoms with van der Waals surface area (Å²) in [5.41, 5.74) is 0.304. The maximum Gasteiger partial charge on any atom is 0.221 e. The maximum atomic E-state index is 13.6. The lowest BCUT2D eigenvalue weighted by Crippen LogP contribution is -2.28. The highest BCUT2D eigenvalue weighted by Gasteiger charge is 2.18. The van der Waals surface area contributed by atoms with E-state index in [2.05, 4.69) is 20.0 Å². The van der Waals surface area contributed by atoms with E-state index in [-0.39, 0.29) is 18.2 Å². The Morgan fingerprint density at radius 2 is 2.14 bits per heavy atom. The van der Waals surface area contributed by atoms with Gasteiger partial charge in [0.25, 0.3) is 0 Å². The van der Waals surface area contributed by atoms with Gasteiger partial charge in [-0.2, -0.15) is 4.98 Å². The minimum absolute atomic E-state index is 0.0742. The molecule has 1 heterocycles. The fourth-order valence-corrected chi connectivity index (χ4v) is 2.02. The number of nitrogens with zero attached hydrogens (tertiary/aromatic N) is 2. The Hall–Kier alpha value is -2.31. The van der Waals surface area contributed by atoms with Crippen LogP contribution in [0.3, 0.4) is 0 Å². The third kappa shape index (κ3) is 3.84. The number of halogens is 2. The van der Waals surface area contributed by atoms with Crippen molar-refractivity contribution in [3.8, 4) is 0 Å². The van der Waals surface area contributed by atoms with Crippen molar-refractivity contribution in [3.05, 3.63) is 47.6 Å². The van der Waals surface area contributed by atoms with Gasteiger partial charge in [0.15, 0.2) is 5.82 Å². The highest BCUT2D eigenvalue weighted by atomic mass is 19.1. The molecule has 2 rings (SSSR count). The summed E-state index contributed by atoms with van der Waals surface area (Å²) in [6, 6.07) is 2.94. The van der Waals surface area contributed by atoms with Gasteiger partial charge in [-0.1, -0.05) is 18.1 Å². The van der Waals surface area contributed by atoms with Gasteiger partial charge in [-0.25, -0.2) is 8.78 Å². The minimum Gasteiger partial charge on any atom is -0.346 e. The standard InChI is InChI=1S/C14H15F2N3O2/c1-8(11-4-3-10(15)6-12(11)16)5-13(20)18-9(2)14-17-7-21-19-14/h3-4,6-9H,5H2,1-2H3,(H,18,20). The van der Waals surface area contributed by atoms with E-state index >= 15 is 0 Å². The van der Waals surface area contributed by atoms with Crippen LogP contribution in [0, 0.1) is 11.6 Å². The molecule has 0 aliphatic carbocycles. The topological polar surface area (TPSA) is 68.0 Å². The average Bonchev–Trinajstić information content (AvgIpc) is 2.91. The molecule has 0 saturated heterocycles. The van der Waals surface area contributed by atoms with Crippen LogP contribution in [0.5, 0.6) is 0 Å². The average molecular weight is 295 g/mol. The van der Waals surface area contributed by atoms with Gasteiger partial charge in [-0.05, 0) is 24.5 Å². The van der Waals surface area contributed by atoms with Crippen LogP contribution in [0.15, 0.2) is 29.1 Å². The number of hydrogen-bond acceptors (Lipinski definition) is 4. The van der Waals surface area contributed by atoms with Crippen LogP contribution in [-0.2, 0) is 4.79 Å². The molecule has 0 bridgehead atoms. The molecule has 0 saturated carbocycles. The molecule has 2 unspecified atom stereocenters. The van der Waals surface area contributed by atoms with Gasteiger partial charge in [-0.3, -0.25) is 4.79 Å². The Labute approximate surface area is 120 Å². The first kappa shape index (κ1) is 15.1. The Kier molecular flexibility index (Phi) is 4.62. The van der Waals surface area contributed by atoms with Crippen molar-refractivity contribution >= 4 is 5.91 Å². The van der Waals surface area contributed by atoms with Gasteiger partial charge >= 0.3 is 0 Å². The van der Waals surface area contributed by atoms with Crippen LogP contribution >= 0.6 is 0 Å². The quantitative estimate of drug-likeness (QED) is 0.921. The fourth-order valence-electron chi connectivity index (χ4n) is 2.02. The lowest BCUT2D eigenvalue weighted by Gasteiger charge is -2.15. The van der Waals surface area contributed by atoms with E-state index in [0.717, 1.165) is 6.07 Å². The van der Waals surface area contributed by atoms with Crippen LogP contribution in [0.1, 0.15) is 43.6 Å².